The van der Waals surface area contributed by atoms with Gasteiger partial charge in [-0.15, -0.1) is 0 Å². The number of halogens is 1. The van der Waals surface area contributed by atoms with E-state index >= 15 is 0 Å². The summed E-state index contributed by atoms with van der Waals surface area (Å²) in [6.45, 7) is 7.63. The van der Waals surface area contributed by atoms with Crippen molar-refractivity contribution in [3.8, 4) is 22.6 Å². The summed E-state index contributed by atoms with van der Waals surface area (Å²) < 4.78 is 7.88. The third-order valence-corrected chi connectivity index (χ3v) is 7.32. The largest absolute Gasteiger partial charge is 0.504 e. The predicted octanol–water partition coefficient (Wildman–Crippen LogP) is 5.35. The highest BCUT2D eigenvalue weighted by Gasteiger charge is 2.34. The quantitative estimate of drug-likeness (QED) is 0.249. The Kier molecular flexibility index (Phi) is 6.36. The zero-order valence-electron chi connectivity index (χ0n) is 20.5. The second-order valence-corrected chi connectivity index (χ2v) is 9.36. The number of nitrogens with zero attached hydrogens (tertiary/aromatic N) is 2. The van der Waals surface area contributed by atoms with Crippen molar-refractivity contribution in [2.45, 2.75) is 20.3 Å². The van der Waals surface area contributed by atoms with Gasteiger partial charge in [0.05, 0.1) is 28.8 Å². The van der Waals surface area contributed by atoms with Gasteiger partial charge in [-0.3, -0.25) is 14.9 Å². The van der Waals surface area contributed by atoms with E-state index in [4.69, 9.17) is 16.3 Å². The van der Waals surface area contributed by atoms with E-state index in [1.54, 1.807) is 18.2 Å². The summed E-state index contributed by atoms with van der Waals surface area (Å²) in [6.07, 6.45) is 0.839. The van der Waals surface area contributed by atoms with Gasteiger partial charge in [0.15, 0.2) is 11.5 Å². The first kappa shape index (κ1) is 24.2. The summed E-state index contributed by atoms with van der Waals surface area (Å²) in [7, 11) is 1.89. The van der Waals surface area contributed by atoms with Crippen molar-refractivity contribution in [2.24, 2.45) is 7.05 Å². The molecule has 186 valence electrons. The van der Waals surface area contributed by atoms with Gasteiger partial charge in [-0.2, -0.15) is 0 Å². The van der Waals surface area contributed by atoms with E-state index in [0.29, 0.717) is 50.4 Å². The van der Waals surface area contributed by atoms with E-state index in [0.717, 1.165) is 37.1 Å². The molecule has 1 aliphatic heterocycles. The summed E-state index contributed by atoms with van der Waals surface area (Å²) in [5, 5.41) is 15.0. The molecule has 0 bridgehead atoms. The molecule has 7 nitrogen and oxygen atoms in total. The van der Waals surface area contributed by atoms with Crippen molar-refractivity contribution in [3.63, 3.8) is 0 Å². The average Bonchev–Trinajstić information content (AvgIpc) is 3.31. The molecule has 0 radical (unpaired) electrons. The van der Waals surface area contributed by atoms with Crippen molar-refractivity contribution in [1.29, 1.82) is 0 Å². The van der Waals surface area contributed by atoms with Gasteiger partial charge < -0.3 is 19.3 Å². The Balaban J connectivity index is 1.64. The fourth-order valence-electron chi connectivity index (χ4n) is 5.08. The molecule has 4 aromatic rings. The fourth-order valence-corrected chi connectivity index (χ4v) is 5.32. The molecular formula is C28H28ClN3O4. The van der Waals surface area contributed by atoms with Crippen LogP contribution in [0.15, 0.2) is 42.5 Å². The standard InChI is InChI=1S/C28H28ClN3O4/c1-4-32(5-2)11-8-12-36-23-15-20-18(14-22(23)33)24-21(31(20)3)13-17(16-9-6-7-10-19(16)29)25-26(24)28(35)30-27(25)34/h6-7,9-10,13-15,33H,4-5,8,11-12H2,1-3H3,(H,30,34,35). The van der Waals surface area contributed by atoms with E-state index in [9.17, 15) is 14.7 Å². The van der Waals surface area contributed by atoms with Gasteiger partial charge in [0.25, 0.3) is 11.8 Å². The van der Waals surface area contributed by atoms with Crippen LogP contribution >= 0.6 is 11.6 Å². The maximum absolute atomic E-state index is 13.0. The molecule has 2 N–H and O–H groups in total. The van der Waals surface area contributed by atoms with Crippen LogP contribution in [-0.4, -0.2) is 52.6 Å². The molecule has 1 aromatic heterocycles. The Morgan fingerprint density at radius 2 is 1.72 bits per heavy atom. The second-order valence-electron chi connectivity index (χ2n) is 8.96. The van der Waals surface area contributed by atoms with E-state index in [2.05, 4.69) is 24.1 Å². The van der Waals surface area contributed by atoms with Crippen molar-refractivity contribution in [1.82, 2.24) is 14.8 Å². The summed E-state index contributed by atoms with van der Waals surface area (Å²) in [6, 6.07) is 12.5. The van der Waals surface area contributed by atoms with E-state index in [1.807, 2.05) is 35.9 Å². The minimum Gasteiger partial charge on any atom is -0.504 e. The number of phenolic OH excluding ortho intramolecular Hbond substituents is 1. The van der Waals surface area contributed by atoms with Crippen LogP contribution in [0.3, 0.4) is 0 Å². The highest BCUT2D eigenvalue weighted by Crippen LogP contribution is 2.43. The van der Waals surface area contributed by atoms with E-state index < -0.39 is 11.8 Å². The Labute approximate surface area is 214 Å². The molecule has 3 aromatic carbocycles. The zero-order valence-corrected chi connectivity index (χ0v) is 21.3. The lowest BCUT2D eigenvalue weighted by molar-refractivity contribution is 0.0880. The molecule has 2 heterocycles. The van der Waals surface area contributed by atoms with Crippen LogP contribution in [0.1, 0.15) is 41.0 Å². The Hall–Kier alpha value is -3.55. The number of ether oxygens (including phenoxy) is 1. The molecule has 0 aliphatic carbocycles. The maximum Gasteiger partial charge on any atom is 0.259 e. The van der Waals surface area contributed by atoms with Gasteiger partial charge in [0.1, 0.15) is 0 Å². The first-order valence-corrected chi connectivity index (χ1v) is 12.5. The van der Waals surface area contributed by atoms with Gasteiger partial charge in [0.2, 0.25) is 0 Å². The first-order chi connectivity index (χ1) is 17.3. The number of hydrogen-bond acceptors (Lipinski definition) is 5. The lowest BCUT2D eigenvalue weighted by Crippen LogP contribution is -2.25. The van der Waals surface area contributed by atoms with Crippen LogP contribution in [0.25, 0.3) is 32.9 Å². The fraction of sp³-hybridized carbons (Fsp3) is 0.286. The van der Waals surface area contributed by atoms with Crippen molar-refractivity contribution < 1.29 is 19.4 Å². The van der Waals surface area contributed by atoms with Crippen LogP contribution in [0, 0.1) is 0 Å². The third-order valence-electron chi connectivity index (χ3n) is 6.99. The number of carbonyl (C=O) groups is 2. The van der Waals surface area contributed by atoms with Crippen LogP contribution in [0.5, 0.6) is 11.5 Å². The zero-order chi connectivity index (χ0) is 25.6. The minimum atomic E-state index is -0.461. The Morgan fingerprint density at radius 3 is 2.44 bits per heavy atom. The summed E-state index contributed by atoms with van der Waals surface area (Å²) >= 11 is 6.48. The number of nitrogens with one attached hydrogen (secondary N) is 1. The number of amides is 2. The Morgan fingerprint density at radius 1 is 1.00 bits per heavy atom. The number of imide groups is 1. The van der Waals surface area contributed by atoms with Crippen LogP contribution in [-0.2, 0) is 7.05 Å². The van der Waals surface area contributed by atoms with Crippen LogP contribution in [0.2, 0.25) is 5.02 Å². The lowest BCUT2D eigenvalue weighted by Gasteiger charge is -2.17. The molecule has 0 saturated heterocycles. The third kappa shape index (κ3) is 3.88. The van der Waals surface area contributed by atoms with Crippen LogP contribution in [0.4, 0.5) is 0 Å². The van der Waals surface area contributed by atoms with Crippen molar-refractivity contribution in [2.75, 3.05) is 26.2 Å². The number of hydrogen-bond donors (Lipinski definition) is 2. The molecule has 0 saturated carbocycles. The molecule has 2 amide bonds. The molecule has 5 rings (SSSR count). The normalized spacial score (nSPS) is 13.1. The smallest absolute Gasteiger partial charge is 0.259 e. The van der Waals surface area contributed by atoms with E-state index in [-0.39, 0.29) is 5.75 Å². The molecule has 36 heavy (non-hydrogen) atoms. The second kappa shape index (κ2) is 9.48. The molecule has 0 atom stereocenters. The number of aryl methyl sites for hydroxylation is 1. The van der Waals surface area contributed by atoms with E-state index in [1.165, 1.54) is 0 Å². The SMILES string of the molecule is CCN(CC)CCCOc1cc2c(cc1O)c1c3c(c(-c4ccccc4Cl)cc1n2C)C(=O)NC3=O. The topological polar surface area (TPSA) is 83.8 Å². The number of phenols is 1. The van der Waals surface area contributed by atoms with Crippen molar-refractivity contribution in [3.05, 3.63) is 58.6 Å². The number of aromatic hydroxyl groups is 1. The van der Waals surface area contributed by atoms with Crippen LogP contribution < -0.4 is 10.1 Å². The number of carbonyl (C=O) groups excluding carboxylic acids is 2. The van der Waals surface area contributed by atoms with Gasteiger partial charge in [-0.1, -0.05) is 43.6 Å². The summed E-state index contributed by atoms with van der Waals surface area (Å²) in [5.41, 5.74) is 3.39. The monoisotopic (exact) mass is 505 g/mol. The van der Waals surface area contributed by atoms with Gasteiger partial charge in [0, 0.05) is 41.0 Å². The van der Waals surface area contributed by atoms with Crippen molar-refractivity contribution >= 4 is 45.2 Å². The predicted molar refractivity (Wildman–Crippen MR) is 142 cm³/mol. The number of rotatable bonds is 8. The minimum absolute atomic E-state index is 0.00787. The first-order valence-electron chi connectivity index (χ1n) is 12.1. The highest BCUT2D eigenvalue weighted by atomic mass is 35.5. The molecule has 0 spiro atoms. The molecule has 0 unspecified atom stereocenters. The summed E-state index contributed by atoms with van der Waals surface area (Å²) in [4.78, 5) is 28.2. The summed E-state index contributed by atoms with van der Waals surface area (Å²) in [5.74, 6) is -0.540. The average molecular weight is 506 g/mol. The number of aromatic nitrogens is 1. The lowest BCUT2D eigenvalue weighted by atomic mass is 9.93. The number of fused-ring (bicyclic) bond motifs is 5. The molecule has 0 fully saturated rings. The maximum atomic E-state index is 13.0. The molecule has 1 aliphatic rings. The Bertz CT molecular complexity index is 1520. The molecular weight excluding hydrogens is 478 g/mol. The number of benzene rings is 3. The van der Waals surface area contributed by atoms with Gasteiger partial charge in [-0.25, -0.2) is 0 Å². The molecule has 8 heteroatoms. The highest BCUT2D eigenvalue weighted by molar-refractivity contribution is 6.36. The van der Waals surface area contributed by atoms with Gasteiger partial charge >= 0.3 is 0 Å². The van der Waals surface area contributed by atoms with Gasteiger partial charge in [-0.05, 0) is 43.3 Å².